The van der Waals surface area contributed by atoms with Crippen LogP contribution in [-0.4, -0.2) is 24.3 Å². The van der Waals surface area contributed by atoms with Crippen LogP contribution in [0.3, 0.4) is 0 Å². The van der Waals surface area contributed by atoms with E-state index in [9.17, 15) is 4.79 Å². The highest BCUT2D eigenvalue weighted by Crippen LogP contribution is 2.32. The average molecular weight is 292 g/mol. The lowest BCUT2D eigenvalue weighted by Gasteiger charge is -2.25. The standard InChI is InChI=1S/C18H28O3/c1-4-14(2)15-8-7-9-16(12-15)20-13-17(19)21-18(3)10-5-6-11-18/h7-9,14,16H,4-6,10-13H2,1-3H3. The molecule has 1 saturated carbocycles. The first-order valence-corrected chi connectivity index (χ1v) is 8.23. The van der Waals surface area contributed by atoms with Gasteiger partial charge in [-0.3, -0.25) is 0 Å². The molecule has 0 radical (unpaired) electrons. The quantitative estimate of drug-likeness (QED) is 0.689. The number of hydrogen-bond acceptors (Lipinski definition) is 3. The molecule has 0 aliphatic heterocycles. The van der Waals surface area contributed by atoms with Gasteiger partial charge >= 0.3 is 5.97 Å². The van der Waals surface area contributed by atoms with E-state index >= 15 is 0 Å². The zero-order chi connectivity index (χ0) is 15.3. The largest absolute Gasteiger partial charge is 0.458 e. The predicted molar refractivity (Wildman–Crippen MR) is 84.0 cm³/mol. The minimum absolute atomic E-state index is 0.00272. The Bertz CT molecular complexity index is 416. The van der Waals surface area contributed by atoms with Gasteiger partial charge in [-0.25, -0.2) is 4.79 Å². The van der Waals surface area contributed by atoms with Crippen LogP contribution in [0.15, 0.2) is 23.8 Å². The summed E-state index contributed by atoms with van der Waals surface area (Å²) in [5.41, 5.74) is 1.14. The topological polar surface area (TPSA) is 35.5 Å². The summed E-state index contributed by atoms with van der Waals surface area (Å²) in [5, 5.41) is 0. The first-order chi connectivity index (χ1) is 10.0. The summed E-state index contributed by atoms with van der Waals surface area (Å²) in [6, 6.07) is 0. The molecule has 0 amide bonds. The summed E-state index contributed by atoms with van der Waals surface area (Å²) >= 11 is 0. The highest BCUT2D eigenvalue weighted by molar-refractivity contribution is 5.71. The number of hydrogen-bond donors (Lipinski definition) is 0. The zero-order valence-corrected chi connectivity index (χ0v) is 13.6. The summed E-state index contributed by atoms with van der Waals surface area (Å²) in [7, 11) is 0. The van der Waals surface area contributed by atoms with E-state index < -0.39 is 0 Å². The van der Waals surface area contributed by atoms with Crippen molar-refractivity contribution in [2.45, 2.75) is 71.0 Å². The fourth-order valence-corrected chi connectivity index (χ4v) is 3.12. The molecule has 0 aromatic rings. The van der Waals surface area contributed by atoms with Crippen molar-refractivity contribution < 1.29 is 14.3 Å². The molecule has 2 aliphatic carbocycles. The molecule has 1 fully saturated rings. The lowest BCUT2D eigenvalue weighted by atomic mass is 9.90. The molecular weight excluding hydrogens is 264 g/mol. The fraction of sp³-hybridized carbons (Fsp3) is 0.722. The van der Waals surface area contributed by atoms with Crippen molar-refractivity contribution in [2.24, 2.45) is 5.92 Å². The predicted octanol–water partition coefficient (Wildman–Crippen LogP) is 4.18. The third kappa shape index (κ3) is 4.70. The van der Waals surface area contributed by atoms with Gasteiger partial charge in [0.25, 0.3) is 0 Å². The van der Waals surface area contributed by atoms with Crippen LogP contribution >= 0.6 is 0 Å². The van der Waals surface area contributed by atoms with Gasteiger partial charge < -0.3 is 9.47 Å². The minimum atomic E-state index is -0.259. The molecule has 0 aromatic heterocycles. The van der Waals surface area contributed by atoms with Crippen molar-refractivity contribution in [2.75, 3.05) is 6.61 Å². The van der Waals surface area contributed by atoms with Crippen molar-refractivity contribution >= 4 is 5.97 Å². The number of ether oxygens (including phenoxy) is 2. The number of rotatable bonds is 6. The van der Waals surface area contributed by atoms with Gasteiger partial charge in [0.05, 0.1) is 6.10 Å². The molecule has 2 rings (SSSR count). The van der Waals surface area contributed by atoms with Crippen LogP contribution in [0.2, 0.25) is 0 Å². The van der Waals surface area contributed by atoms with Crippen LogP contribution in [0.4, 0.5) is 0 Å². The Hall–Kier alpha value is -1.09. The molecule has 0 spiro atoms. The second-order valence-corrected chi connectivity index (χ2v) is 6.62. The first kappa shape index (κ1) is 16.3. The number of carbonyl (C=O) groups is 1. The Balaban J connectivity index is 1.75. The van der Waals surface area contributed by atoms with Crippen LogP contribution < -0.4 is 0 Å². The van der Waals surface area contributed by atoms with Gasteiger partial charge in [0, 0.05) is 0 Å². The molecular formula is C18H28O3. The van der Waals surface area contributed by atoms with Gasteiger partial charge in [0.2, 0.25) is 0 Å². The number of esters is 1. The SMILES string of the molecule is CCC(C)C1=CC=CC(OCC(=O)OC2(C)CCCC2)C1. The van der Waals surface area contributed by atoms with Crippen LogP contribution in [-0.2, 0) is 14.3 Å². The third-order valence-electron chi connectivity index (χ3n) is 4.76. The average Bonchev–Trinajstić information content (AvgIpc) is 2.91. The van der Waals surface area contributed by atoms with E-state index in [1.54, 1.807) is 0 Å². The van der Waals surface area contributed by atoms with E-state index in [0.29, 0.717) is 5.92 Å². The minimum Gasteiger partial charge on any atom is -0.458 e. The van der Waals surface area contributed by atoms with Crippen molar-refractivity contribution in [3.63, 3.8) is 0 Å². The molecule has 0 heterocycles. The molecule has 2 aliphatic rings. The smallest absolute Gasteiger partial charge is 0.332 e. The first-order valence-electron chi connectivity index (χ1n) is 8.23. The molecule has 0 saturated heterocycles. The van der Waals surface area contributed by atoms with Gasteiger partial charge in [-0.05, 0) is 51.4 Å². The van der Waals surface area contributed by atoms with E-state index in [1.807, 2.05) is 19.1 Å². The second-order valence-electron chi connectivity index (χ2n) is 6.62. The Morgan fingerprint density at radius 3 is 2.81 bits per heavy atom. The lowest BCUT2D eigenvalue weighted by molar-refractivity contribution is -0.164. The summed E-state index contributed by atoms with van der Waals surface area (Å²) in [6.07, 6.45) is 12.5. The summed E-state index contributed by atoms with van der Waals surface area (Å²) < 4.78 is 11.3. The lowest BCUT2D eigenvalue weighted by Crippen LogP contribution is -2.31. The highest BCUT2D eigenvalue weighted by atomic mass is 16.6. The summed E-state index contributed by atoms with van der Waals surface area (Å²) in [4.78, 5) is 11.9. The van der Waals surface area contributed by atoms with Gasteiger partial charge in [-0.15, -0.1) is 0 Å². The van der Waals surface area contributed by atoms with Gasteiger partial charge in [-0.2, -0.15) is 0 Å². The molecule has 118 valence electrons. The number of carbonyl (C=O) groups excluding carboxylic acids is 1. The van der Waals surface area contributed by atoms with Crippen LogP contribution in [0.1, 0.15) is 59.3 Å². The maximum Gasteiger partial charge on any atom is 0.332 e. The van der Waals surface area contributed by atoms with E-state index in [-0.39, 0.29) is 24.3 Å². The van der Waals surface area contributed by atoms with Gasteiger partial charge in [-0.1, -0.05) is 37.6 Å². The van der Waals surface area contributed by atoms with Crippen LogP contribution in [0, 0.1) is 5.92 Å². The van der Waals surface area contributed by atoms with E-state index in [0.717, 1.165) is 38.5 Å². The van der Waals surface area contributed by atoms with E-state index in [4.69, 9.17) is 9.47 Å². The Morgan fingerprint density at radius 2 is 2.14 bits per heavy atom. The highest BCUT2D eigenvalue weighted by Gasteiger charge is 2.32. The number of allylic oxidation sites excluding steroid dienone is 2. The normalized spacial score (nSPS) is 25.5. The summed E-state index contributed by atoms with van der Waals surface area (Å²) in [5.74, 6) is 0.345. The zero-order valence-electron chi connectivity index (χ0n) is 13.6. The van der Waals surface area contributed by atoms with E-state index in [1.165, 1.54) is 5.57 Å². The maximum absolute atomic E-state index is 11.9. The summed E-state index contributed by atoms with van der Waals surface area (Å²) in [6.45, 7) is 6.51. The molecule has 0 N–H and O–H groups in total. The molecule has 0 aromatic carbocycles. The molecule has 3 heteroatoms. The monoisotopic (exact) mass is 292 g/mol. The Kier molecular flexibility index (Phi) is 5.63. The van der Waals surface area contributed by atoms with Gasteiger partial charge in [0.1, 0.15) is 12.2 Å². The Labute approximate surface area is 128 Å². The van der Waals surface area contributed by atoms with Crippen molar-refractivity contribution in [1.29, 1.82) is 0 Å². The van der Waals surface area contributed by atoms with E-state index in [2.05, 4.69) is 19.9 Å². The van der Waals surface area contributed by atoms with Crippen LogP contribution in [0.5, 0.6) is 0 Å². The maximum atomic E-state index is 11.9. The van der Waals surface area contributed by atoms with Crippen LogP contribution in [0.25, 0.3) is 0 Å². The fourth-order valence-electron chi connectivity index (χ4n) is 3.12. The molecule has 2 atom stereocenters. The van der Waals surface area contributed by atoms with Gasteiger partial charge in [0.15, 0.2) is 0 Å². The molecule has 21 heavy (non-hydrogen) atoms. The molecule has 0 bridgehead atoms. The Morgan fingerprint density at radius 1 is 1.43 bits per heavy atom. The van der Waals surface area contributed by atoms with Crippen molar-refractivity contribution in [3.8, 4) is 0 Å². The molecule has 3 nitrogen and oxygen atoms in total. The molecule has 2 unspecified atom stereocenters. The second kappa shape index (κ2) is 7.26. The third-order valence-corrected chi connectivity index (χ3v) is 4.76. The van der Waals surface area contributed by atoms with Crippen molar-refractivity contribution in [3.05, 3.63) is 23.8 Å². The van der Waals surface area contributed by atoms with Crippen molar-refractivity contribution in [1.82, 2.24) is 0 Å².